The molecule has 1 aromatic heterocycles. The van der Waals surface area contributed by atoms with Gasteiger partial charge in [0.2, 0.25) is 0 Å². The number of aliphatic hydroxyl groups excluding tert-OH is 1. The molecule has 2 N–H and O–H groups in total. The van der Waals surface area contributed by atoms with Gasteiger partial charge in [-0.05, 0) is 20.3 Å². The van der Waals surface area contributed by atoms with E-state index in [1.54, 1.807) is 11.5 Å². The van der Waals surface area contributed by atoms with Gasteiger partial charge in [-0.15, -0.1) is 0 Å². The molecule has 1 rings (SSSR count). The molecular weight excluding hydrogens is 230 g/mol. The van der Waals surface area contributed by atoms with Crippen LogP contribution in [0.4, 0.5) is 0 Å². The number of aliphatic hydroxyl groups is 1. The Morgan fingerprint density at radius 3 is 2.81 bits per heavy atom. The molecule has 1 heterocycles. The van der Waals surface area contributed by atoms with E-state index in [0.717, 1.165) is 0 Å². The van der Waals surface area contributed by atoms with Crippen LogP contribution in [0.2, 0.25) is 0 Å². The summed E-state index contributed by atoms with van der Waals surface area (Å²) < 4.78 is 27.7. The van der Waals surface area contributed by atoms with Crippen molar-refractivity contribution in [1.82, 2.24) is 14.3 Å². The highest BCUT2D eigenvalue weighted by Crippen LogP contribution is 2.06. The molecule has 0 radical (unpaired) electrons. The highest BCUT2D eigenvalue weighted by atomic mass is 32.2. The van der Waals surface area contributed by atoms with Crippen LogP contribution in [0, 0.1) is 0 Å². The lowest BCUT2D eigenvalue weighted by Crippen LogP contribution is -2.33. The van der Waals surface area contributed by atoms with Gasteiger partial charge in [0.05, 0.1) is 6.33 Å². The number of nitrogens with zero attached hydrogens (tertiary/aromatic N) is 2. The second-order valence-electron chi connectivity index (χ2n) is 3.58. The fraction of sp³-hybridized carbons (Fsp3) is 0.667. The molecule has 92 valence electrons. The summed E-state index contributed by atoms with van der Waals surface area (Å²) in [5.41, 5.74) is 0. The monoisotopic (exact) mass is 247 g/mol. The Balaban J connectivity index is 2.77. The summed E-state index contributed by atoms with van der Waals surface area (Å²) in [7, 11) is -3.56. The Hall–Kier alpha value is -0.920. The molecule has 1 aromatic rings. The van der Waals surface area contributed by atoms with Crippen molar-refractivity contribution in [2.45, 2.75) is 37.9 Å². The van der Waals surface area contributed by atoms with Gasteiger partial charge in [0, 0.05) is 25.4 Å². The average molecular weight is 247 g/mol. The SMILES string of the molecule is CCn1cnc(S(=O)(=O)NC(C)CCO)c1. The van der Waals surface area contributed by atoms with Crippen molar-refractivity contribution in [3.05, 3.63) is 12.5 Å². The third-order valence-corrected chi connectivity index (χ3v) is 3.64. The van der Waals surface area contributed by atoms with Crippen molar-refractivity contribution in [2.24, 2.45) is 0 Å². The molecule has 16 heavy (non-hydrogen) atoms. The van der Waals surface area contributed by atoms with E-state index in [9.17, 15) is 8.42 Å². The minimum atomic E-state index is -3.56. The first-order valence-corrected chi connectivity index (χ1v) is 6.63. The molecule has 0 amide bonds. The Labute approximate surface area is 95.4 Å². The summed E-state index contributed by atoms with van der Waals surface area (Å²) in [6.07, 6.45) is 3.34. The number of sulfonamides is 1. The van der Waals surface area contributed by atoms with Crippen LogP contribution in [0.25, 0.3) is 0 Å². The molecule has 0 aromatic carbocycles. The topological polar surface area (TPSA) is 84.2 Å². The summed E-state index contributed by atoms with van der Waals surface area (Å²) in [4.78, 5) is 3.82. The maximum atomic E-state index is 11.8. The van der Waals surface area contributed by atoms with Gasteiger partial charge >= 0.3 is 0 Å². The number of imidazole rings is 1. The standard InChI is InChI=1S/C9H17N3O3S/c1-3-12-6-9(10-7-12)16(14,15)11-8(2)4-5-13/h6-8,11,13H,3-5H2,1-2H3. The Kier molecular flexibility index (Phi) is 4.45. The molecule has 6 nitrogen and oxygen atoms in total. The first kappa shape index (κ1) is 13.1. The highest BCUT2D eigenvalue weighted by molar-refractivity contribution is 7.89. The van der Waals surface area contributed by atoms with Crippen LogP contribution in [0.1, 0.15) is 20.3 Å². The zero-order valence-corrected chi connectivity index (χ0v) is 10.2. The van der Waals surface area contributed by atoms with Gasteiger partial charge in [-0.1, -0.05) is 0 Å². The summed E-state index contributed by atoms with van der Waals surface area (Å²) in [5, 5.41) is 8.70. The number of nitrogens with one attached hydrogen (secondary N) is 1. The van der Waals surface area contributed by atoms with Gasteiger partial charge in [-0.25, -0.2) is 18.1 Å². The van der Waals surface area contributed by atoms with Crippen LogP contribution in [0.5, 0.6) is 0 Å². The fourth-order valence-corrected chi connectivity index (χ4v) is 2.46. The third kappa shape index (κ3) is 3.29. The minimum absolute atomic E-state index is 0.0131. The lowest BCUT2D eigenvalue weighted by Gasteiger charge is -2.10. The highest BCUT2D eigenvalue weighted by Gasteiger charge is 2.19. The van der Waals surface area contributed by atoms with Crippen LogP contribution < -0.4 is 4.72 Å². The lowest BCUT2D eigenvalue weighted by molar-refractivity contribution is 0.275. The van der Waals surface area contributed by atoms with E-state index < -0.39 is 10.0 Å². The van der Waals surface area contributed by atoms with Gasteiger partial charge in [-0.3, -0.25) is 0 Å². The molecule has 0 bridgehead atoms. The van der Waals surface area contributed by atoms with Crippen molar-refractivity contribution < 1.29 is 13.5 Å². The van der Waals surface area contributed by atoms with E-state index in [4.69, 9.17) is 5.11 Å². The number of hydrogen-bond donors (Lipinski definition) is 2. The van der Waals surface area contributed by atoms with E-state index in [-0.39, 0.29) is 17.7 Å². The van der Waals surface area contributed by atoms with Crippen molar-refractivity contribution in [1.29, 1.82) is 0 Å². The molecular formula is C9H17N3O3S. The second-order valence-corrected chi connectivity index (χ2v) is 5.24. The van der Waals surface area contributed by atoms with Gasteiger partial charge < -0.3 is 9.67 Å². The molecule has 0 fully saturated rings. The fourth-order valence-electron chi connectivity index (χ4n) is 1.23. The molecule has 0 aliphatic heterocycles. The van der Waals surface area contributed by atoms with Crippen LogP contribution >= 0.6 is 0 Å². The molecule has 7 heteroatoms. The first-order valence-electron chi connectivity index (χ1n) is 5.14. The molecule has 1 atom stereocenters. The molecule has 0 saturated heterocycles. The smallest absolute Gasteiger partial charge is 0.259 e. The second kappa shape index (κ2) is 5.42. The quantitative estimate of drug-likeness (QED) is 0.738. The first-order chi connectivity index (χ1) is 7.49. The van der Waals surface area contributed by atoms with Crippen LogP contribution in [-0.2, 0) is 16.6 Å². The zero-order valence-electron chi connectivity index (χ0n) is 9.42. The predicted octanol–water partition coefficient (Wildman–Crippen LogP) is -0.0478. The zero-order chi connectivity index (χ0) is 12.2. The average Bonchev–Trinajstić information content (AvgIpc) is 2.65. The maximum absolute atomic E-state index is 11.8. The van der Waals surface area contributed by atoms with Crippen LogP contribution in [-0.4, -0.2) is 35.7 Å². The van der Waals surface area contributed by atoms with Gasteiger partial charge in [0.25, 0.3) is 10.0 Å². The summed E-state index contributed by atoms with van der Waals surface area (Å²) in [5.74, 6) is 0. The van der Waals surface area contributed by atoms with E-state index >= 15 is 0 Å². The van der Waals surface area contributed by atoms with Crippen molar-refractivity contribution >= 4 is 10.0 Å². The molecule has 1 unspecified atom stereocenters. The lowest BCUT2D eigenvalue weighted by atomic mass is 10.3. The van der Waals surface area contributed by atoms with Crippen molar-refractivity contribution in [2.75, 3.05) is 6.61 Å². The van der Waals surface area contributed by atoms with Crippen LogP contribution in [0.15, 0.2) is 17.6 Å². The van der Waals surface area contributed by atoms with Crippen LogP contribution in [0.3, 0.4) is 0 Å². The molecule has 0 aliphatic rings. The largest absolute Gasteiger partial charge is 0.396 e. The van der Waals surface area contributed by atoms with Gasteiger partial charge in [0.15, 0.2) is 5.03 Å². The van der Waals surface area contributed by atoms with E-state index in [1.807, 2.05) is 6.92 Å². The minimum Gasteiger partial charge on any atom is -0.396 e. The van der Waals surface area contributed by atoms with Gasteiger partial charge in [0.1, 0.15) is 0 Å². The Bertz CT molecular complexity index is 427. The summed E-state index contributed by atoms with van der Waals surface area (Å²) in [6.45, 7) is 4.23. The summed E-state index contributed by atoms with van der Waals surface area (Å²) in [6, 6.07) is -0.304. The number of hydrogen-bond acceptors (Lipinski definition) is 4. The Morgan fingerprint density at radius 2 is 2.31 bits per heavy atom. The molecule has 0 spiro atoms. The van der Waals surface area contributed by atoms with E-state index in [1.165, 1.54) is 12.5 Å². The summed E-state index contributed by atoms with van der Waals surface area (Å²) >= 11 is 0. The maximum Gasteiger partial charge on any atom is 0.259 e. The predicted molar refractivity (Wildman–Crippen MR) is 59.4 cm³/mol. The number of aromatic nitrogens is 2. The van der Waals surface area contributed by atoms with E-state index in [2.05, 4.69) is 9.71 Å². The normalized spacial score (nSPS) is 13.9. The number of aryl methyl sites for hydroxylation is 1. The molecule has 0 aliphatic carbocycles. The third-order valence-electron chi connectivity index (χ3n) is 2.17. The van der Waals surface area contributed by atoms with Crippen molar-refractivity contribution in [3.63, 3.8) is 0 Å². The van der Waals surface area contributed by atoms with E-state index in [0.29, 0.717) is 13.0 Å². The van der Waals surface area contributed by atoms with Crippen molar-refractivity contribution in [3.8, 4) is 0 Å². The Morgan fingerprint density at radius 1 is 1.62 bits per heavy atom. The number of rotatable bonds is 6. The van der Waals surface area contributed by atoms with Gasteiger partial charge in [-0.2, -0.15) is 0 Å². The molecule has 0 saturated carbocycles.